The Labute approximate surface area is 171 Å². The number of hydrogen-bond acceptors (Lipinski definition) is 8. The predicted molar refractivity (Wildman–Crippen MR) is 99.5 cm³/mol. The zero-order valence-corrected chi connectivity index (χ0v) is 16.3. The third-order valence-electron chi connectivity index (χ3n) is 3.80. The fourth-order valence-corrected chi connectivity index (χ4v) is 2.14. The zero-order chi connectivity index (χ0) is 23.4. The number of hydrogen-bond donors (Lipinski definition) is 8. The first kappa shape index (κ1) is 26.7. The molecule has 0 aromatic heterocycles. The largest absolute Gasteiger partial charge is 0.481 e. The lowest BCUT2D eigenvalue weighted by Crippen LogP contribution is -2.57. The van der Waals surface area contributed by atoms with E-state index in [1.165, 1.54) is 6.92 Å². The summed E-state index contributed by atoms with van der Waals surface area (Å²) in [6.45, 7) is 0.508. The van der Waals surface area contributed by atoms with Gasteiger partial charge in [0.15, 0.2) is 0 Å². The summed E-state index contributed by atoms with van der Waals surface area (Å²) >= 11 is 0. The Morgan fingerprint density at radius 2 is 1.53 bits per heavy atom. The molecule has 14 nitrogen and oxygen atoms in total. The highest BCUT2D eigenvalue weighted by Gasteiger charge is 2.28. The van der Waals surface area contributed by atoms with Gasteiger partial charge in [0.2, 0.25) is 23.6 Å². The number of nitrogens with one attached hydrogen (secondary N) is 3. The van der Waals surface area contributed by atoms with Crippen LogP contribution in [0.1, 0.15) is 32.6 Å². The standard InChI is InChI=1S/C16H27N5O9/c1-7(22)13(21-14(27)8(17)2-4-10(18)23)15(28)19-6-11(24)20-9(16(29)30)3-5-12(25)26/h7-9,13,22H,2-6,17H2,1H3,(H2,18,23)(H,19,28)(H,20,24)(H,21,27)(H,25,26)(H,29,30). The smallest absolute Gasteiger partial charge is 0.326 e. The maximum absolute atomic E-state index is 12.2. The zero-order valence-electron chi connectivity index (χ0n) is 16.3. The molecule has 170 valence electrons. The fraction of sp³-hybridized carbons (Fsp3) is 0.625. The molecule has 0 saturated heterocycles. The van der Waals surface area contributed by atoms with Crippen LogP contribution in [0, 0.1) is 0 Å². The normalized spacial score (nSPS) is 14.5. The molecule has 0 aromatic rings. The molecule has 0 aromatic carbocycles. The molecule has 30 heavy (non-hydrogen) atoms. The number of aliphatic carboxylic acids is 2. The quantitative estimate of drug-likeness (QED) is 0.132. The van der Waals surface area contributed by atoms with Crippen molar-refractivity contribution >= 4 is 35.6 Å². The van der Waals surface area contributed by atoms with Crippen LogP contribution in [0.2, 0.25) is 0 Å². The number of carbonyl (C=O) groups excluding carboxylic acids is 4. The Morgan fingerprint density at radius 1 is 0.933 bits per heavy atom. The van der Waals surface area contributed by atoms with Gasteiger partial charge in [0, 0.05) is 12.8 Å². The second-order valence-corrected chi connectivity index (χ2v) is 6.45. The summed E-state index contributed by atoms with van der Waals surface area (Å²) in [6.07, 6.45) is -2.46. The molecule has 0 fully saturated rings. The first-order chi connectivity index (χ1) is 13.8. The van der Waals surface area contributed by atoms with Crippen LogP contribution in [0.4, 0.5) is 0 Å². The molecule has 0 aliphatic heterocycles. The Kier molecular flexibility index (Phi) is 11.6. The molecule has 4 atom stereocenters. The van der Waals surface area contributed by atoms with Gasteiger partial charge < -0.3 is 42.7 Å². The van der Waals surface area contributed by atoms with E-state index in [9.17, 15) is 33.9 Å². The van der Waals surface area contributed by atoms with Gasteiger partial charge in [-0.05, 0) is 19.8 Å². The summed E-state index contributed by atoms with van der Waals surface area (Å²) < 4.78 is 0. The topological polar surface area (TPSA) is 251 Å². The van der Waals surface area contributed by atoms with Gasteiger partial charge in [-0.1, -0.05) is 0 Å². The lowest BCUT2D eigenvalue weighted by atomic mass is 10.1. The highest BCUT2D eigenvalue weighted by atomic mass is 16.4. The van der Waals surface area contributed by atoms with Gasteiger partial charge in [-0.3, -0.25) is 24.0 Å². The van der Waals surface area contributed by atoms with Gasteiger partial charge >= 0.3 is 11.9 Å². The number of nitrogens with two attached hydrogens (primary N) is 2. The van der Waals surface area contributed by atoms with Gasteiger partial charge in [0.25, 0.3) is 0 Å². The van der Waals surface area contributed by atoms with Gasteiger partial charge in [-0.2, -0.15) is 0 Å². The summed E-state index contributed by atoms with van der Waals surface area (Å²) in [4.78, 5) is 68.3. The second-order valence-electron chi connectivity index (χ2n) is 6.45. The summed E-state index contributed by atoms with van der Waals surface area (Å²) in [5.41, 5.74) is 10.5. The highest BCUT2D eigenvalue weighted by molar-refractivity contribution is 5.93. The number of carboxylic acids is 2. The minimum absolute atomic E-state index is 0.0787. The molecule has 14 heteroatoms. The van der Waals surface area contributed by atoms with E-state index >= 15 is 0 Å². The van der Waals surface area contributed by atoms with Crippen LogP contribution in [-0.4, -0.2) is 81.7 Å². The molecule has 4 unspecified atom stereocenters. The molecule has 0 radical (unpaired) electrons. The maximum atomic E-state index is 12.2. The van der Waals surface area contributed by atoms with Crippen molar-refractivity contribution in [3.8, 4) is 0 Å². The first-order valence-electron chi connectivity index (χ1n) is 8.89. The van der Waals surface area contributed by atoms with E-state index in [4.69, 9.17) is 21.7 Å². The van der Waals surface area contributed by atoms with Gasteiger partial charge in [0.05, 0.1) is 18.7 Å². The predicted octanol–water partition coefficient (Wildman–Crippen LogP) is -4.00. The molecule has 0 bridgehead atoms. The number of rotatable bonds is 14. The van der Waals surface area contributed by atoms with E-state index in [-0.39, 0.29) is 19.3 Å². The number of aliphatic hydroxyl groups excluding tert-OH is 1. The monoisotopic (exact) mass is 433 g/mol. The number of primary amides is 1. The van der Waals surface area contributed by atoms with Crippen molar-refractivity contribution in [3.05, 3.63) is 0 Å². The maximum Gasteiger partial charge on any atom is 0.326 e. The van der Waals surface area contributed by atoms with E-state index in [0.717, 1.165) is 0 Å². The Morgan fingerprint density at radius 3 is 2.00 bits per heavy atom. The average molecular weight is 433 g/mol. The third-order valence-corrected chi connectivity index (χ3v) is 3.80. The first-order valence-corrected chi connectivity index (χ1v) is 8.89. The summed E-state index contributed by atoms with van der Waals surface area (Å²) in [7, 11) is 0. The molecule has 0 rings (SSSR count). The fourth-order valence-electron chi connectivity index (χ4n) is 2.14. The Bertz CT molecular complexity index is 667. The summed E-state index contributed by atoms with van der Waals surface area (Å²) in [6, 6.07) is -4.12. The van der Waals surface area contributed by atoms with Crippen molar-refractivity contribution in [1.82, 2.24) is 16.0 Å². The van der Waals surface area contributed by atoms with Crippen molar-refractivity contribution in [3.63, 3.8) is 0 Å². The second kappa shape index (κ2) is 13.1. The van der Waals surface area contributed by atoms with E-state index in [1.807, 2.05) is 0 Å². The number of aliphatic hydroxyl groups is 1. The SMILES string of the molecule is CC(O)C(NC(=O)C(N)CCC(N)=O)C(=O)NCC(=O)NC(CCC(=O)O)C(=O)O. The van der Waals surface area contributed by atoms with Crippen molar-refractivity contribution in [1.29, 1.82) is 0 Å². The molecule has 0 spiro atoms. The number of amides is 4. The molecule has 0 heterocycles. The van der Waals surface area contributed by atoms with Crippen LogP contribution < -0.4 is 27.4 Å². The van der Waals surface area contributed by atoms with Crippen LogP contribution in [0.5, 0.6) is 0 Å². The van der Waals surface area contributed by atoms with Crippen molar-refractivity contribution in [2.45, 2.75) is 56.8 Å². The molecular formula is C16H27N5O9. The molecule has 4 amide bonds. The van der Waals surface area contributed by atoms with Gasteiger partial charge in [-0.15, -0.1) is 0 Å². The lowest BCUT2D eigenvalue weighted by Gasteiger charge is -2.22. The molecule has 0 saturated carbocycles. The molecule has 10 N–H and O–H groups in total. The van der Waals surface area contributed by atoms with Crippen LogP contribution in [-0.2, 0) is 28.8 Å². The van der Waals surface area contributed by atoms with Gasteiger partial charge in [0.1, 0.15) is 12.1 Å². The van der Waals surface area contributed by atoms with Crippen molar-refractivity contribution in [2.24, 2.45) is 11.5 Å². The van der Waals surface area contributed by atoms with Crippen molar-refractivity contribution in [2.75, 3.05) is 6.54 Å². The molecule has 0 aliphatic rings. The highest BCUT2D eigenvalue weighted by Crippen LogP contribution is 2.00. The van der Waals surface area contributed by atoms with Gasteiger partial charge in [-0.25, -0.2) is 4.79 Å². The molecule has 0 aliphatic carbocycles. The average Bonchev–Trinajstić information content (AvgIpc) is 2.64. The summed E-state index contributed by atoms with van der Waals surface area (Å²) in [5, 5.41) is 33.6. The van der Waals surface area contributed by atoms with Crippen LogP contribution in [0.3, 0.4) is 0 Å². The lowest BCUT2D eigenvalue weighted by molar-refractivity contribution is -0.143. The third kappa shape index (κ3) is 10.9. The van der Waals surface area contributed by atoms with E-state index in [0.29, 0.717) is 0 Å². The van der Waals surface area contributed by atoms with Crippen molar-refractivity contribution < 1.29 is 44.1 Å². The van der Waals surface area contributed by atoms with E-state index in [2.05, 4.69) is 16.0 Å². The Balaban J connectivity index is 4.74. The minimum Gasteiger partial charge on any atom is -0.481 e. The number of carboxylic acid groups (broad SMARTS) is 2. The summed E-state index contributed by atoms with van der Waals surface area (Å²) in [5.74, 6) is -6.07. The van der Waals surface area contributed by atoms with Crippen LogP contribution in [0.15, 0.2) is 0 Å². The number of carbonyl (C=O) groups is 6. The minimum atomic E-state index is -1.48. The van der Waals surface area contributed by atoms with E-state index in [1.54, 1.807) is 0 Å². The van der Waals surface area contributed by atoms with Crippen LogP contribution >= 0.6 is 0 Å². The van der Waals surface area contributed by atoms with Crippen LogP contribution in [0.25, 0.3) is 0 Å². The Hall–Kier alpha value is -3.26. The van der Waals surface area contributed by atoms with E-state index < -0.39 is 72.8 Å². The molecular weight excluding hydrogens is 406 g/mol.